The van der Waals surface area contributed by atoms with Gasteiger partial charge in [-0.3, -0.25) is 0 Å². The van der Waals surface area contributed by atoms with E-state index in [9.17, 15) is 0 Å². The summed E-state index contributed by atoms with van der Waals surface area (Å²) >= 11 is 5.90. The minimum absolute atomic E-state index is 0. The predicted octanol–water partition coefficient (Wildman–Crippen LogP) is 3.01. The third-order valence-corrected chi connectivity index (χ3v) is 4.70. The molecule has 0 saturated carbocycles. The number of rotatable bonds is 15. The Morgan fingerprint density at radius 2 is 1.00 bits per heavy atom. The molecule has 1 atom stereocenters. The van der Waals surface area contributed by atoms with Crippen molar-refractivity contribution in [2.75, 3.05) is 32.6 Å². The molecule has 21 heavy (non-hydrogen) atoms. The molecule has 1 nitrogen and oxygen atoms in total. The van der Waals surface area contributed by atoms with Gasteiger partial charge >= 0.3 is 0 Å². The van der Waals surface area contributed by atoms with Crippen LogP contribution >= 0.6 is 11.6 Å². The standard InChI is InChI=1S/C18H39ClN.BrH/c1-4-6-8-10-11-13-17-20(3,18-14-15-19)16-12-9-7-5-2;/h4-18H2,1-3H3;1H/q+1;/p-1. The van der Waals surface area contributed by atoms with Crippen LogP contribution in [0, 0.1) is 0 Å². The SMILES string of the molecule is CCCCCCCC[N+](C)(CCCCl)CCCCCC.[Br-]. The molecular weight excluding hydrogens is 346 g/mol. The first-order chi connectivity index (χ1) is 9.68. The molecule has 0 saturated heterocycles. The van der Waals surface area contributed by atoms with Crippen LogP contribution in [0.4, 0.5) is 0 Å². The molecule has 0 aliphatic carbocycles. The van der Waals surface area contributed by atoms with Crippen molar-refractivity contribution in [1.82, 2.24) is 0 Å². The summed E-state index contributed by atoms with van der Waals surface area (Å²) in [6.07, 6.45) is 15.1. The minimum Gasteiger partial charge on any atom is -1.00 e. The summed E-state index contributed by atoms with van der Waals surface area (Å²) in [4.78, 5) is 0. The van der Waals surface area contributed by atoms with E-state index in [-0.39, 0.29) is 17.0 Å². The number of hydrogen-bond donors (Lipinski definition) is 0. The van der Waals surface area contributed by atoms with Crippen molar-refractivity contribution in [2.24, 2.45) is 0 Å². The molecule has 0 aromatic heterocycles. The monoisotopic (exact) mass is 383 g/mol. The van der Waals surface area contributed by atoms with Gasteiger partial charge in [0.15, 0.2) is 0 Å². The summed E-state index contributed by atoms with van der Waals surface area (Å²) in [5.41, 5.74) is 0. The highest BCUT2D eigenvalue weighted by atomic mass is 79.9. The zero-order chi connectivity index (χ0) is 15.1. The first-order valence-electron chi connectivity index (χ1n) is 9.08. The lowest BCUT2D eigenvalue weighted by atomic mass is 10.1. The number of alkyl halides is 1. The van der Waals surface area contributed by atoms with E-state index in [2.05, 4.69) is 20.9 Å². The Hall–Kier alpha value is 0.730. The van der Waals surface area contributed by atoms with Crippen LogP contribution in [-0.4, -0.2) is 37.0 Å². The highest BCUT2D eigenvalue weighted by Crippen LogP contribution is 2.14. The van der Waals surface area contributed by atoms with E-state index in [0.717, 1.165) is 5.88 Å². The van der Waals surface area contributed by atoms with Gasteiger partial charge in [0.1, 0.15) is 0 Å². The summed E-state index contributed by atoms with van der Waals surface area (Å²) in [7, 11) is 2.45. The fourth-order valence-electron chi connectivity index (χ4n) is 2.97. The number of halogens is 2. The third-order valence-electron chi connectivity index (χ3n) is 4.43. The molecule has 0 aliphatic heterocycles. The highest BCUT2D eigenvalue weighted by Gasteiger charge is 2.19. The van der Waals surface area contributed by atoms with Crippen molar-refractivity contribution in [3.63, 3.8) is 0 Å². The third kappa shape index (κ3) is 15.4. The number of unbranched alkanes of at least 4 members (excludes halogenated alkanes) is 8. The molecule has 0 bridgehead atoms. The van der Waals surface area contributed by atoms with E-state index in [1.807, 2.05) is 0 Å². The fourth-order valence-corrected chi connectivity index (χ4v) is 3.09. The van der Waals surface area contributed by atoms with Gasteiger partial charge in [0, 0.05) is 12.3 Å². The van der Waals surface area contributed by atoms with Gasteiger partial charge in [-0.2, -0.15) is 0 Å². The lowest BCUT2D eigenvalue weighted by molar-refractivity contribution is -0.910. The lowest BCUT2D eigenvalue weighted by Crippen LogP contribution is -3.00. The smallest absolute Gasteiger partial charge is 0.0796 e. The second-order valence-electron chi connectivity index (χ2n) is 6.66. The van der Waals surface area contributed by atoms with Gasteiger partial charge < -0.3 is 21.5 Å². The van der Waals surface area contributed by atoms with Gasteiger partial charge in [-0.25, -0.2) is 0 Å². The average molecular weight is 385 g/mol. The molecule has 0 aromatic carbocycles. The van der Waals surface area contributed by atoms with E-state index >= 15 is 0 Å². The quantitative estimate of drug-likeness (QED) is 0.231. The maximum atomic E-state index is 5.90. The van der Waals surface area contributed by atoms with E-state index in [4.69, 9.17) is 11.6 Å². The highest BCUT2D eigenvalue weighted by molar-refractivity contribution is 6.17. The number of quaternary nitrogens is 1. The molecule has 0 amide bonds. The van der Waals surface area contributed by atoms with Crippen LogP contribution in [0.5, 0.6) is 0 Å². The zero-order valence-corrected chi connectivity index (χ0v) is 17.2. The van der Waals surface area contributed by atoms with Crippen molar-refractivity contribution >= 4 is 11.6 Å². The number of hydrogen-bond acceptors (Lipinski definition) is 0. The van der Waals surface area contributed by atoms with Crippen LogP contribution in [0.15, 0.2) is 0 Å². The molecule has 130 valence electrons. The Bertz CT molecular complexity index is 202. The average Bonchev–Trinajstić information content (AvgIpc) is 2.45. The molecule has 0 spiro atoms. The first-order valence-corrected chi connectivity index (χ1v) is 9.61. The van der Waals surface area contributed by atoms with Gasteiger partial charge in [0.25, 0.3) is 0 Å². The maximum Gasteiger partial charge on any atom is 0.0796 e. The van der Waals surface area contributed by atoms with Crippen molar-refractivity contribution in [3.8, 4) is 0 Å². The molecule has 3 heteroatoms. The Morgan fingerprint density at radius 3 is 1.48 bits per heavy atom. The second-order valence-corrected chi connectivity index (χ2v) is 7.04. The van der Waals surface area contributed by atoms with Crippen molar-refractivity contribution in [1.29, 1.82) is 0 Å². The van der Waals surface area contributed by atoms with E-state index < -0.39 is 0 Å². The minimum atomic E-state index is 0. The molecule has 0 fully saturated rings. The van der Waals surface area contributed by atoms with Gasteiger partial charge in [-0.05, 0) is 25.7 Å². The Labute approximate surface area is 150 Å². The normalized spacial score (nSPS) is 13.7. The Balaban J connectivity index is 0. The van der Waals surface area contributed by atoms with Crippen LogP contribution in [0.3, 0.4) is 0 Å². The lowest BCUT2D eigenvalue weighted by Gasteiger charge is -2.35. The van der Waals surface area contributed by atoms with Gasteiger partial charge in [0.2, 0.25) is 0 Å². The summed E-state index contributed by atoms with van der Waals surface area (Å²) in [6, 6.07) is 0. The number of nitrogens with zero attached hydrogens (tertiary/aromatic N) is 1. The van der Waals surface area contributed by atoms with Crippen molar-refractivity contribution < 1.29 is 21.5 Å². The van der Waals surface area contributed by atoms with Gasteiger partial charge in [-0.15, -0.1) is 11.6 Å². The molecule has 1 unspecified atom stereocenters. The molecule has 0 N–H and O–H groups in total. The van der Waals surface area contributed by atoms with Crippen molar-refractivity contribution in [3.05, 3.63) is 0 Å². The zero-order valence-electron chi connectivity index (χ0n) is 14.8. The Morgan fingerprint density at radius 1 is 0.619 bits per heavy atom. The van der Waals surface area contributed by atoms with Crippen molar-refractivity contribution in [2.45, 2.75) is 84.5 Å². The topological polar surface area (TPSA) is 0 Å². The van der Waals surface area contributed by atoms with E-state index in [0.29, 0.717) is 0 Å². The molecule has 0 aromatic rings. The van der Waals surface area contributed by atoms with Crippen LogP contribution in [0.2, 0.25) is 0 Å². The van der Waals surface area contributed by atoms with Crippen LogP contribution in [0.25, 0.3) is 0 Å². The fraction of sp³-hybridized carbons (Fsp3) is 1.00. The largest absolute Gasteiger partial charge is 1.00 e. The summed E-state index contributed by atoms with van der Waals surface area (Å²) in [5.74, 6) is 0.819. The molecule has 0 aliphatic rings. The molecule has 0 rings (SSSR count). The second kappa shape index (κ2) is 17.1. The molecule has 0 heterocycles. The molecule has 0 radical (unpaired) electrons. The summed E-state index contributed by atoms with van der Waals surface area (Å²) in [5, 5.41) is 0. The summed E-state index contributed by atoms with van der Waals surface area (Å²) < 4.78 is 1.25. The van der Waals surface area contributed by atoms with Crippen LogP contribution in [0.1, 0.15) is 84.5 Å². The predicted molar refractivity (Wildman–Crippen MR) is 93.6 cm³/mol. The van der Waals surface area contributed by atoms with Gasteiger partial charge in [-0.1, -0.05) is 52.4 Å². The molecular formula is C18H39BrClN. The maximum absolute atomic E-state index is 5.90. The van der Waals surface area contributed by atoms with Gasteiger partial charge in [0.05, 0.1) is 26.7 Å². The first kappa shape index (κ1) is 24.0. The Kier molecular flexibility index (Phi) is 19.5. The summed E-state index contributed by atoms with van der Waals surface area (Å²) in [6.45, 7) is 8.56. The van der Waals surface area contributed by atoms with E-state index in [1.165, 1.54) is 94.7 Å². The van der Waals surface area contributed by atoms with E-state index in [1.54, 1.807) is 0 Å². The van der Waals surface area contributed by atoms with Crippen LogP contribution < -0.4 is 17.0 Å². The van der Waals surface area contributed by atoms with Crippen LogP contribution in [-0.2, 0) is 0 Å².